The summed E-state index contributed by atoms with van der Waals surface area (Å²) in [6, 6.07) is 0. The van der Waals surface area contributed by atoms with Crippen molar-refractivity contribution >= 4 is 0 Å². The SMILES string of the molecule is FCc1[c]n[c]n1C(F)(F)F. The summed E-state index contributed by atoms with van der Waals surface area (Å²) in [7, 11) is 0. The van der Waals surface area contributed by atoms with Crippen LogP contribution in [-0.2, 0) is 13.0 Å². The van der Waals surface area contributed by atoms with Gasteiger partial charge in [0.25, 0.3) is 0 Å². The first kappa shape index (κ1) is 8.03. The van der Waals surface area contributed by atoms with Gasteiger partial charge < -0.3 is 0 Å². The number of nitrogens with zero attached hydrogens (tertiary/aromatic N) is 2. The van der Waals surface area contributed by atoms with Gasteiger partial charge in [0.05, 0.1) is 5.69 Å². The van der Waals surface area contributed by atoms with Crippen LogP contribution in [0, 0.1) is 12.5 Å². The van der Waals surface area contributed by atoms with Crippen LogP contribution >= 0.6 is 0 Å². The Morgan fingerprint density at radius 2 is 2.09 bits per heavy atom. The summed E-state index contributed by atoms with van der Waals surface area (Å²) in [4.78, 5) is 2.91. The van der Waals surface area contributed by atoms with Gasteiger partial charge in [0.1, 0.15) is 12.9 Å². The number of hydrogen-bond donors (Lipinski definition) is 0. The third-order valence-corrected chi connectivity index (χ3v) is 0.985. The maximum absolute atomic E-state index is 11.8. The second-order valence-electron chi connectivity index (χ2n) is 1.71. The molecule has 0 unspecified atom stereocenters. The summed E-state index contributed by atoms with van der Waals surface area (Å²) in [6.07, 6.45) is -1.29. The van der Waals surface area contributed by atoms with Crippen molar-refractivity contribution < 1.29 is 17.6 Å². The Bertz CT molecular complexity index is 239. The average Bonchev–Trinajstić information content (AvgIpc) is 2.31. The van der Waals surface area contributed by atoms with Crippen molar-refractivity contribution in [2.24, 2.45) is 0 Å². The Morgan fingerprint density at radius 3 is 2.45 bits per heavy atom. The van der Waals surface area contributed by atoms with Gasteiger partial charge in [-0.25, -0.2) is 13.9 Å². The Morgan fingerprint density at radius 1 is 1.45 bits per heavy atom. The molecule has 0 bridgehead atoms. The minimum Gasteiger partial charge on any atom is -0.244 e. The fraction of sp³-hybridized carbons (Fsp3) is 0.400. The molecule has 60 valence electrons. The second kappa shape index (κ2) is 2.52. The van der Waals surface area contributed by atoms with E-state index >= 15 is 0 Å². The van der Waals surface area contributed by atoms with Gasteiger partial charge in [0.15, 0.2) is 6.33 Å². The zero-order chi connectivity index (χ0) is 8.48. The van der Waals surface area contributed by atoms with E-state index < -0.39 is 18.7 Å². The average molecular weight is 166 g/mol. The first-order valence-corrected chi connectivity index (χ1v) is 2.56. The topological polar surface area (TPSA) is 17.8 Å². The zero-order valence-corrected chi connectivity index (χ0v) is 5.11. The molecular weight excluding hydrogens is 164 g/mol. The molecule has 0 aliphatic rings. The lowest BCUT2D eigenvalue weighted by Gasteiger charge is -2.07. The third-order valence-electron chi connectivity index (χ3n) is 0.985. The van der Waals surface area contributed by atoms with Crippen LogP contribution in [0.25, 0.3) is 0 Å². The minimum atomic E-state index is -4.66. The Labute approximate surface area is 59.5 Å². The van der Waals surface area contributed by atoms with Gasteiger partial charge in [-0.3, -0.25) is 0 Å². The van der Waals surface area contributed by atoms with Crippen molar-refractivity contribution in [3.8, 4) is 0 Å². The molecule has 6 heteroatoms. The van der Waals surface area contributed by atoms with Crippen LogP contribution in [0.4, 0.5) is 17.6 Å². The first-order chi connectivity index (χ1) is 5.05. The second-order valence-corrected chi connectivity index (χ2v) is 1.71. The molecule has 0 N–H and O–H groups in total. The summed E-state index contributed by atoms with van der Waals surface area (Å²) < 4.78 is 46.7. The molecule has 2 radical (unpaired) electrons. The highest BCUT2D eigenvalue weighted by molar-refractivity contribution is 4.94. The number of rotatable bonds is 1. The van der Waals surface area contributed by atoms with Crippen molar-refractivity contribution in [3.05, 3.63) is 18.2 Å². The highest BCUT2D eigenvalue weighted by Gasteiger charge is 2.32. The summed E-state index contributed by atoms with van der Waals surface area (Å²) in [5, 5.41) is 0. The van der Waals surface area contributed by atoms with E-state index in [0.29, 0.717) is 0 Å². The van der Waals surface area contributed by atoms with Crippen LogP contribution in [0.1, 0.15) is 5.69 Å². The van der Waals surface area contributed by atoms with Crippen molar-refractivity contribution in [1.29, 1.82) is 0 Å². The number of halogens is 4. The largest absolute Gasteiger partial charge is 0.490 e. The molecule has 1 aromatic rings. The van der Waals surface area contributed by atoms with E-state index in [1.165, 1.54) is 0 Å². The maximum atomic E-state index is 11.8. The molecule has 1 aromatic heterocycles. The third kappa shape index (κ3) is 1.50. The van der Waals surface area contributed by atoms with Crippen LogP contribution in [0.3, 0.4) is 0 Å². The summed E-state index contributed by atoms with van der Waals surface area (Å²) in [5.41, 5.74) is -0.669. The van der Waals surface area contributed by atoms with Gasteiger partial charge in [-0.1, -0.05) is 0 Å². The quantitative estimate of drug-likeness (QED) is 0.577. The highest BCUT2D eigenvalue weighted by Crippen LogP contribution is 2.23. The van der Waals surface area contributed by atoms with Crippen LogP contribution in [0.2, 0.25) is 0 Å². The van der Waals surface area contributed by atoms with Gasteiger partial charge in [-0.05, 0) is 0 Å². The highest BCUT2D eigenvalue weighted by atomic mass is 19.4. The fourth-order valence-electron chi connectivity index (χ4n) is 0.549. The van der Waals surface area contributed by atoms with Crippen molar-refractivity contribution in [1.82, 2.24) is 9.55 Å². The van der Waals surface area contributed by atoms with Gasteiger partial charge in [0, 0.05) is 0 Å². The van der Waals surface area contributed by atoms with Gasteiger partial charge in [0.2, 0.25) is 0 Å². The van der Waals surface area contributed by atoms with Crippen LogP contribution in [0.15, 0.2) is 0 Å². The van der Waals surface area contributed by atoms with Crippen molar-refractivity contribution in [2.45, 2.75) is 13.0 Å². The lowest BCUT2D eigenvalue weighted by Crippen LogP contribution is -2.18. The number of hydrogen-bond acceptors (Lipinski definition) is 1. The Hall–Kier alpha value is -1.07. The van der Waals surface area contributed by atoms with Gasteiger partial charge in [-0.2, -0.15) is 0 Å². The van der Waals surface area contributed by atoms with Crippen LogP contribution in [0.5, 0.6) is 0 Å². The zero-order valence-electron chi connectivity index (χ0n) is 5.11. The van der Waals surface area contributed by atoms with E-state index in [0.717, 1.165) is 0 Å². The van der Waals surface area contributed by atoms with E-state index in [1.807, 2.05) is 6.20 Å². The standard InChI is InChI=1S/C5H2F4N2/c6-1-4-2-10-3-11(4)5(7,8)9/h1H2. The number of alkyl halides is 4. The molecule has 0 aromatic carbocycles. The van der Waals surface area contributed by atoms with Crippen molar-refractivity contribution in [2.75, 3.05) is 0 Å². The molecule has 1 rings (SSSR count). The van der Waals surface area contributed by atoms with E-state index in [2.05, 4.69) is 4.98 Å². The molecule has 0 saturated carbocycles. The molecule has 0 saturated heterocycles. The molecule has 0 aliphatic heterocycles. The predicted molar refractivity (Wildman–Crippen MR) is 26.0 cm³/mol. The molecule has 2 nitrogen and oxygen atoms in total. The fourth-order valence-corrected chi connectivity index (χ4v) is 0.549. The van der Waals surface area contributed by atoms with Crippen LogP contribution < -0.4 is 0 Å². The summed E-state index contributed by atoms with van der Waals surface area (Å²) >= 11 is 0. The van der Waals surface area contributed by atoms with E-state index in [1.54, 1.807) is 6.33 Å². The number of aromatic nitrogens is 2. The summed E-state index contributed by atoms with van der Waals surface area (Å²) in [6.45, 7) is -1.25. The monoisotopic (exact) mass is 166 g/mol. The Balaban J connectivity index is 3.02. The molecule has 0 fully saturated rings. The molecule has 0 amide bonds. The van der Waals surface area contributed by atoms with Gasteiger partial charge >= 0.3 is 6.30 Å². The first-order valence-electron chi connectivity index (χ1n) is 2.56. The van der Waals surface area contributed by atoms with E-state index in [9.17, 15) is 17.6 Å². The Kier molecular flexibility index (Phi) is 1.84. The van der Waals surface area contributed by atoms with Crippen LogP contribution in [-0.4, -0.2) is 9.55 Å². The summed E-state index contributed by atoms with van der Waals surface area (Å²) in [5.74, 6) is 0. The normalized spacial score (nSPS) is 12.0. The van der Waals surface area contributed by atoms with Crippen molar-refractivity contribution in [3.63, 3.8) is 0 Å². The van der Waals surface area contributed by atoms with E-state index in [-0.39, 0.29) is 4.57 Å². The van der Waals surface area contributed by atoms with Gasteiger partial charge in [-0.15, -0.1) is 13.2 Å². The van der Waals surface area contributed by atoms with E-state index in [4.69, 9.17) is 0 Å². The smallest absolute Gasteiger partial charge is 0.244 e. The molecule has 0 spiro atoms. The molecule has 0 atom stereocenters. The molecular formula is C5H2F4N2. The predicted octanol–water partition coefficient (Wildman–Crippen LogP) is 1.43. The molecule has 11 heavy (non-hydrogen) atoms. The number of imidazole rings is 1. The lowest BCUT2D eigenvalue weighted by atomic mass is 10.5. The molecule has 1 heterocycles. The molecule has 0 aliphatic carbocycles. The maximum Gasteiger partial charge on any atom is 0.490 e. The lowest BCUT2D eigenvalue weighted by molar-refractivity contribution is -0.206. The minimum absolute atomic E-state index is 0.340.